The van der Waals surface area contributed by atoms with Gasteiger partial charge >= 0.3 is 12.1 Å². The number of urea groups is 2. The van der Waals surface area contributed by atoms with Crippen LogP contribution < -0.4 is 16.1 Å². The molecule has 1 saturated heterocycles. The van der Waals surface area contributed by atoms with E-state index in [9.17, 15) is 14.8 Å². The summed E-state index contributed by atoms with van der Waals surface area (Å²) in [5, 5.41) is 20.4. The Kier molecular flexibility index (Phi) is 6.85. The number of fused-ring (bicyclic) bond motifs is 1. The van der Waals surface area contributed by atoms with Crippen molar-refractivity contribution >= 4 is 74.1 Å². The van der Waals surface area contributed by atoms with Crippen molar-refractivity contribution in [1.82, 2.24) is 15.5 Å². The molecule has 4 amide bonds. The minimum absolute atomic E-state index is 0.299. The van der Waals surface area contributed by atoms with Crippen LogP contribution in [0.2, 0.25) is 5.02 Å². The van der Waals surface area contributed by atoms with E-state index in [-0.39, 0.29) is 0 Å². The molecule has 0 aliphatic carbocycles. The van der Waals surface area contributed by atoms with Crippen molar-refractivity contribution in [2.24, 2.45) is 0 Å². The monoisotopic (exact) mass is 515 g/mol. The second-order valence-corrected chi connectivity index (χ2v) is 10.8. The van der Waals surface area contributed by atoms with Gasteiger partial charge < -0.3 is 10.6 Å². The van der Waals surface area contributed by atoms with E-state index in [1.54, 1.807) is 30.3 Å². The number of amides is 4. The number of benzene rings is 3. The summed E-state index contributed by atoms with van der Waals surface area (Å²) in [7, 11) is 0. The predicted octanol–water partition coefficient (Wildman–Crippen LogP) is 5.89. The van der Waals surface area contributed by atoms with Crippen LogP contribution in [0.25, 0.3) is 10.8 Å². The molecule has 8 nitrogen and oxygen atoms in total. The Morgan fingerprint density at radius 1 is 1.09 bits per heavy atom. The maximum Gasteiger partial charge on any atom is 0.347 e. The summed E-state index contributed by atoms with van der Waals surface area (Å²) in [6.45, 7) is 3.64. The number of rotatable bonds is 4. The van der Waals surface area contributed by atoms with Gasteiger partial charge in [-0.1, -0.05) is 78.0 Å². The van der Waals surface area contributed by atoms with Gasteiger partial charge in [0.15, 0.2) is 10.5 Å². The highest BCUT2D eigenvalue weighted by atomic mass is 35.5. The minimum atomic E-state index is -0.981. The summed E-state index contributed by atoms with van der Waals surface area (Å²) in [6, 6.07) is 18.4. The summed E-state index contributed by atoms with van der Waals surface area (Å²) >= 11 is 12.7. The molecule has 1 atom stereocenters. The summed E-state index contributed by atoms with van der Waals surface area (Å²) in [5.74, 6) is 0. The fourth-order valence-corrected chi connectivity index (χ4v) is 5.69. The molecule has 1 aliphatic rings. The van der Waals surface area contributed by atoms with Crippen LogP contribution in [0.3, 0.4) is 0 Å². The van der Waals surface area contributed by atoms with E-state index in [0.29, 0.717) is 25.8 Å². The highest BCUT2D eigenvalue weighted by molar-refractivity contribution is 8.24. The lowest BCUT2D eigenvalue weighted by Gasteiger charge is -2.36. The van der Waals surface area contributed by atoms with Crippen molar-refractivity contribution in [2.75, 3.05) is 10.6 Å². The van der Waals surface area contributed by atoms with Crippen LogP contribution in [-0.4, -0.2) is 42.6 Å². The van der Waals surface area contributed by atoms with Crippen molar-refractivity contribution < 1.29 is 14.8 Å². The molecule has 11 heteroatoms. The molecule has 0 spiro atoms. The smallest absolute Gasteiger partial charge is 0.307 e. The highest BCUT2D eigenvalue weighted by Gasteiger charge is 2.50. The van der Waals surface area contributed by atoms with E-state index in [0.717, 1.165) is 10.8 Å². The first-order valence-corrected chi connectivity index (χ1v) is 11.9. The molecule has 34 heavy (non-hydrogen) atoms. The third-order valence-corrected chi connectivity index (χ3v) is 6.98. The van der Waals surface area contributed by atoms with Crippen LogP contribution in [0, 0.1) is 0 Å². The predicted molar refractivity (Wildman–Crippen MR) is 140 cm³/mol. The van der Waals surface area contributed by atoms with Gasteiger partial charge in [0.1, 0.15) is 0 Å². The molecule has 1 fully saturated rings. The number of nitrogens with one attached hydrogen (secondary N) is 3. The van der Waals surface area contributed by atoms with Gasteiger partial charge in [-0.05, 0) is 43.5 Å². The Morgan fingerprint density at radius 2 is 1.79 bits per heavy atom. The first-order valence-electron chi connectivity index (χ1n) is 10.3. The molecule has 176 valence electrons. The zero-order valence-electron chi connectivity index (χ0n) is 18.3. The molecule has 3 aromatic carbocycles. The van der Waals surface area contributed by atoms with Gasteiger partial charge in [-0.3, -0.25) is 5.21 Å². The van der Waals surface area contributed by atoms with Crippen LogP contribution in [0.15, 0.2) is 66.7 Å². The van der Waals surface area contributed by atoms with E-state index in [2.05, 4.69) is 16.1 Å². The van der Waals surface area contributed by atoms with Crippen LogP contribution in [0.4, 0.5) is 21.0 Å². The van der Waals surface area contributed by atoms with E-state index < -0.39 is 23.0 Å². The van der Waals surface area contributed by atoms with E-state index in [1.807, 2.05) is 50.2 Å². The topological polar surface area (TPSA) is 96.9 Å². The molecular formula is C23H22ClN5O3S2. The molecule has 4 N–H and O–H groups in total. The number of carbonyl (C=O) groups is 2. The average molecular weight is 516 g/mol. The Bertz CT molecular complexity index is 1270. The van der Waals surface area contributed by atoms with Gasteiger partial charge in [0.2, 0.25) is 0 Å². The van der Waals surface area contributed by atoms with E-state index in [1.165, 1.54) is 16.8 Å². The van der Waals surface area contributed by atoms with E-state index in [4.69, 9.17) is 23.8 Å². The van der Waals surface area contributed by atoms with Crippen molar-refractivity contribution in [3.63, 3.8) is 0 Å². The third-order valence-electron chi connectivity index (χ3n) is 5.19. The zero-order valence-corrected chi connectivity index (χ0v) is 20.7. The van der Waals surface area contributed by atoms with Gasteiger partial charge in [0.05, 0.1) is 10.4 Å². The fourth-order valence-electron chi connectivity index (χ4n) is 3.70. The number of nitrogens with zero attached hydrogens (tertiary/aromatic N) is 2. The van der Waals surface area contributed by atoms with Gasteiger partial charge in [-0.15, -0.1) is 0 Å². The van der Waals surface area contributed by atoms with Crippen LogP contribution >= 0.6 is 35.6 Å². The quantitative estimate of drug-likeness (QED) is 0.196. The average Bonchev–Trinajstić information content (AvgIpc) is 3.00. The van der Waals surface area contributed by atoms with Gasteiger partial charge in [0, 0.05) is 16.1 Å². The SMILES string of the molecule is CC1(C)SC(=S)N(NC(=O)Nc2cccc(Cl)c2)C1N(O)C(=O)Nc1cccc2ccccc12. The minimum Gasteiger partial charge on any atom is -0.307 e. The number of carbonyl (C=O) groups excluding carboxylic acids is 2. The maximum atomic E-state index is 13.0. The first-order chi connectivity index (χ1) is 16.2. The number of hydroxylamine groups is 2. The van der Waals surface area contributed by atoms with Crippen molar-refractivity contribution in [3.8, 4) is 0 Å². The normalized spacial score (nSPS) is 16.9. The third kappa shape index (κ3) is 5.05. The molecule has 1 aliphatic heterocycles. The number of thiocarbonyl (C=S) groups is 1. The Morgan fingerprint density at radius 3 is 2.56 bits per heavy atom. The molecule has 4 rings (SSSR count). The van der Waals surface area contributed by atoms with E-state index >= 15 is 0 Å². The number of hydrogen-bond donors (Lipinski definition) is 4. The molecule has 3 aromatic rings. The summed E-state index contributed by atoms with van der Waals surface area (Å²) < 4.78 is -0.432. The fraction of sp³-hybridized carbons (Fsp3) is 0.174. The Hall–Kier alpha value is -3.05. The number of hydrazine groups is 1. The number of anilines is 2. The largest absolute Gasteiger partial charge is 0.347 e. The molecular weight excluding hydrogens is 494 g/mol. The van der Waals surface area contributed by atoms with Crippen molar-refractivity contribution in [3.05, 3.63) is 71.8 Å². The second kappa shape index (κ2) is 9.67. The molecule has 1 heterocycles. The van der Waals surface area contributed by atoms with Crippen molar-refractivity contribution in [2.45, 2.75) is 24.8 Å². The highest BCUT2D eigenvalue weighted by Crippen LogP contribution is 2.41. The van der Waals surface area contributed by atoms with Crippen LogP contribution in [0.1, 0.15) is 13.8 Å². The van der Waals surface area contributed by atoms with Gasteiger partial charge in [0.25, 0.3) is 0 Å². The lowest BCUT2D eigenvalue weighted by molar-refractivity contribution is -0.120. The maximum absolute atomic E-state index is 13.0. The Balaban J connectivity index is 1.52. The lowest BCUT2D eigenvalue weighted by Crippen LogP contribution is -2.60. The molecule has 0 bridgehead atoms. The number of hydrogen-bond acceptors (Lipinski definition) is 5. The van der Waals surface area contributed by atoms with Gasteiger partial charge in [-0.2, -0.15) is 5.06 Å². The first kappa shape index (κ1) is 24.1. The summed E-state index contributed by atoms with van der Waals surface area (Å²) in [6.07, 6.45) is -0.981. The van der Waals surface area contributed by atoms with Crippen LogP contribution in [-0.2, 0) is 0 Å². The summed E-state index contributed by atoms with van der Waals surface area (Å²) in [5.41, 5.74) is 3.66. The van der Waals surface area contributed by atoms with Gasteiger partial charge in [-0.25, -0.2) is 20.0 Å². The molecule has 0 aromatic heterocycles. The zero-order chi connectivity index (χ0) is 24.5. The Labute approximate surface area is 211 Å². The molecule has 0 saturated carbocycles. The summed E-state index contributed by atoms with van der Waals surface area (Å²) in [4.78, 5) is 25.7. The van der Waals surface area contributed by atoms with Crippen LogP contribution in [0.5, 0.6) is 0 Å². The molecule has 0 radical (unpaired) electrons. The lowest BCUT2D eigenvalue weighted by atomic mass is 10.1. The van der Waals surface area contributed by atoms with Crippen molar-refractivity contribution in [1.29, 1.82) is 0 Å². The number of halogens is 1. The molecule has 1 unspecified atom stereocenters. The number of thioether (sulfide) groups is 1. The standard InChI is InChI=1S/C23H22ClN5O3S2/c1-23(2)19(28(22(33)34-23)27-20(30)25-16-10-6-9-15(24)13-16)29(32)21(31)26-18-12-5-8-14-7-3-4-11-17(14)18/h3-13,19,32H,1-2H3,(H,26,31)(H2,25,27,30). The second-order valence-electron chi connectivity index (χ2n) is 8.09.